The van der Waals surface area contributed by atoms with Gasteiger partial charge >= 0.3 is 0 Å². The molecule has 1 fully saturated rings. The smallest absolute Gasteiger partial charge is 0.143 e. The van der Waals surface area contributed by atoms with E-state index >= 15 is 0 Å². The number of carbonyl (C=O) groups is 1. The summed E-state index contributed by atoms with van der Waals surface area (Å²) in [6.45, 7) is 2.12. The summed E-state index contributed by atoms with van der Waals surface area (Å²) < 4.78 is 0. The first-order valence-electron chi connectivity index (χ1n) is 6.08. The van der Waals surface area contributed by atoms with Crippen LogP contribution in [0.3, 0.4) is 0 Å². The fourth-order valence-corrected chi connectivity index (χ4v) is 2.23. The van der Waals surface area contributed by atoms with Crippen LogP contribution in [0.2, 0.25) is 0 Å². The standard InChI is InChI=1S/C14H19NO/c1-2-3-4-13(16)14(9-10-14)11-5-7-12(15)8-6-11/h5-8H,2-4,9-10,15H2,1H3. The van der Waals surface area contributed by atoms with Gasteiger partial charge in [-0.2, -0.15) is 0 Å². The number of benzene rings is 1. The summed E-state index contributed by atoms with van der Waals surface area (Å²) in [5.41, 5.74) is 7.43. The lowest BCUT2D eigenvalue weighted by Crippen LogP contribution is -2.20. The van der Waals surface area contributed by atoms with Gasteiger partial charge in [-0.05, 0) is 37.0 Å². The molecule has 2 rings (SSSR count). The first-order chi connectivity index (χ1) is 7.69. The third-order valence-electron chi connectivity index (χ3n) is 3.50. The maximum atomic E-state index is 12.1. The number of ketones is 1. The molecule has 0 atom stereocenters. The van der Waals surface area contributed by atoms with E-state index in [1.807, 2.05) is 24.3 Å². The van der Waals surface area contributed by atoms with Gasteiger partial charge in [0.25, 0.3) is 0 Å². The van der Waals surface area contributed by atoms with Crippen LogP contribution in [0.4, 0.5) is 5.69 Å². The topological polar surface area (TPSA) is 43.1 Å². The summed E-state index contributed by atoms with van der Waals surface area (Å²) in [5, 5.41) is 0. The largest absolute Gasteiger partial charge is 0.399 e. The lowest BCUT2D eigenvalue weighted by atomic mass is 9.88. The second kappa shape index (κ2) is 4.28. The van der Waals surface area contributed by atoms with E-state index < -0.39 is 0 Å². The molecule has 1 aromatic rings. The molecule has 1 aromatic carbocycles. The van der Waals surface area contributed by atoms with E-state index in [1.165, 1.54) is 0 Å². The zero-order valence-electron chi connectivity index (χ0n) is 9.83. The third-order valence-corrected chi connectivity index (χ3v) is 3.50. The molecule has 0 spiro atoms. The van der Waals surface area contributed by atoms with E-state index in [2.05, 4.69) is 6.92 Å². The molecular formula is C14H19NO. The van der Waals surface area contributed by atoms with Crippen molar-refractivity contribution in [3.63, 3.8) is 0 Å². The predicted molar refractivity (Wildman–Crippen MR) is 66.3 cm³/mol. The number of carbonyl (C=O) groups excluding carboxylic acids is 1. The van der Waals surface area contributed by atoms with Crippen molar-refractivity contribution in [1.29, 1.82) is 0 Å². The Morgan fingerprint density at radius 2 is 1.94 bits per heavy atom. The summed E-state index contributed by atoms with van der Waals surface area (Å²) in [4.78, 5) is 12.1. The van der Waals surface area contributed by atoms with Crippen molar-refractivity contribution in [2.45, 2.75) is 44.4 Å². The highest BCUT2D eigenvalue weighted by molar-refractivity contribution is 5.93. The van der Waals surface area contributed by atoms with Crippen molar-refractivity contribution >= 4 is 11.5 Å². The van der Waals surface area contributed by atoms with Crippen molar-refractivity contribution in [3.8, 4) is 0 Å². The Balaban J connectivity index is 2.13. The molecule has 2 nitrogen and oxygen atoms in total. The average Bonchev–Trinajstić information content (AvgIpc) is 3.08. The first kappa shape index (κ1) is 11.2. The fourth-order valence-electron chi connectivity index (χ4n) is 2.23. The van der Waals surface area contributed by atoms with Crippen molar-refractivity contribution in [2.75, 3.05) is 5.73 Å². The van der Waals surface area contributed by atoms with Gasteiger partial charge in [-0.3, -0.25) is 4.79 Å². The van der Waals surface area contributed by atoms with E-state index in [0.717, 1.165) is 43.4 Å². The van der Waals surface area contributed by atoms with Crippen LogP contribution in [0, 0.1) is 0 Å². The lowest BCUT2D eigenvalue weighted by Gasteiger charge is -2.14. The summed E-state index contributed by atoms with van der Waals surface area (Å²) in [5.74, 6) is 0.416. The molecule has 0 saturated heterocycles. The Morgan fingerprint density at radius 1 is 1.31 bits per heavy atom. The van der Waals surface area contributed by atoms with Gasteiger partial charge in [0.05, 0.1) is 5.41 Å². The highest BCUT2D eigenvalue weighted by Crippen LogP contribution is 2.49. The van der Waals surface area contributed by atoms with Crippen LogP contribution in [-0.2, 0) is 10.2 Å². The summed E-state index contributed by atoms with van der Waals surface area (Å²) in [7, 11) is 0. The fraction of sp³-hybridized carbons (Fsp3) is 0.500. The summed E-state index contributed by atoms with van der Waals surface area (Å²) in [6, 6.07) is 7.80. The highest BCUT2D eigenvalue weighted by atomic mass is 16.1. The van der Waals surface area contributed by atoms with Crippen LogP contribution < -0.4 is 5.73 Å². The zero-order chi connectivity index (χ0) is 11.6. The Labute approximate surface area is 96.8 Å². The molecule has 2 heteroatoms. The number of anilines is 1. The SMILES string of the molecule is CCCCC(=O)C1(c2ccc(N)cc2)CC1. The average molecular weight is 217 g/mol. The predicted octanol–water partition coefficient (Wildman–Crippen LogP) is 3.06. The monoisotopic (exact) mass is 217 g/mol. The molecule has 2 N–H and O–H groups in total. The maximum Gasteiger partial charge on any atom is 0.143 e. The van der Waals surface area contributed by atoms with Gasteiger partial charge in [0, 0.05) is 12.1 Å². The van der Waals surface area contributed by atoms with Crippen molar-refractivity contribution in [2.24, 2.45) is 0 Å². The van der Waals surface area contributed by atoms with Crippen LogP contribution in [0.15, 0.2) is 24.3 Å². The minimum absolute atomic E-state index is 0.150. The number of Topliss-reactive ketones (excluding diaryl/α,β-unsaturated/α-hetero) is 1. The molecule has 86 valence electrons. The molecule has 0 radical (unpaired) electrons. The maximum absolute atomic E-state index is 12.1. The number of unbranched alkanes of at least 4 members (excludes halogenated alkanes) is 1. The van der Waals surface area contributed by atoms with E-state index in [0.29, 0.717) is 5.78 Å². The van der Waals surface area contributed by atoms with Crippen LogP contribution >= 0.6 is 0 Å². The number of hydrogen-bond acceptors (Lipinski definition) is 2. The molecule has 1 aliphatic carbocycles. The van der Waals surface area contributed by atoms with E-state index in [4.69, 9.17) is 5.73 Å². The molecule has 0 amide bonds. The molecule has 16 heavy (non-hydrogen) atoms. The van der Waals surface area contributed by atoms with Gasteiger partial charge in [0.1, 0.15) is 5.78 Å². The Kier molecular flexibility index (Phi) is 2.99. The second-order valence-electron chi connectivity index (χ2n) is 4.73. The van der Waals surface area contributed by atoms with Crippen LogP contribution in [0.5, 0.6) is 0 Å². The molecular weight excluding hydrogens is 198 g/mol. The third kappa shape index (κ3) is 1.97. The van der Waals surface area contributed by atoms with Gasteiger partial charge in [0.2, 0.25) is 0 Å². The highest BCUT2D eigenvalue weighted by Gasteiger charge is 2.49. The van der Waals surface area contributed by atoms with Gasteiger partial charge in [-0.1, -0.05) is 25.5 Å². The molecule has 0 heterocycles. The zero-order valence-corrected chi connectivity index (χ0v) is 9.83. The number of rotatable bonds is 5. The summed E-state index contributed by atoms with van der Waals surface area (Å²) in [6.07, 6.45) is 4.85. The Hall–Kier alpha value is -1.31. The number of nitrogen functional groups attached to an aromatic ring is 1. The Bertz CT molecular complexity index is 376. The van der Waals surface area contributed by atoms with Crippen LogP contribution in [-0.4, -0.2) is 5.78 Å². The Morgan fingerprint density at radius 3 is 2.44 bits per heavy atom. The second-order valence-corrected chi connectivity index (χ2v) is 4.73. The van der Waals surface area contributed by atoms with E-state index in [-0.39, 0.29) is 5.41 Å². The first-order valence-corrected chi connectivity index (χ1v) is 6.08. The molecule has 1 aliphatic rings. The minimum atomic E-state index is -0.150. The van der Waals surface area contributed by atoms with Crippen molar-refractivity contribution in [1.82, 2.24) is 0 Å². The van der Waals surface area contributed by atoms with Gasteiger partial charge in [-0.25, -0.2) is 0 Å². The van der Waals surface area contributed by atoms with Gasteiger partial charge < -0.3 is 5.73 Å². The molecule has 0 bridgehead atoms. The minimum Gasteiger partial charge on any atom is -0.399 e. The van der Waals surface area contributed by atoms with Crippen LogP contribution in [0.1, 0.15) is 44.6 Å². The normalized spacial score (nSPS) is 17.1. The summed E-state index contributed by atoms with van der Waals surface area (Å²) >= 11 is 0. The van der Waals surface area contributed by atoms with Crippen molar-refractivity contribution in [3.05, 3.63) is 29.8 Å². The number of hydrogen-bond donors (Lipinski definition) is 1. The van der Waals surface area contributed by atoms with Gasteiger partial charge in [0.15, 0.2) is 0 Å². The molecule has 0 unspecified atom stereocenters. The number of nitrogens with two attached hydrogens (primary N) is 1. The quantitative estimate of drug-likeness (QED) is 0.770. The van der Waals surface area contributed by atoms with Crippen LogP contribution in [0.25, 0.3) is 0 Å². The van der Waals surface area contributed by atoms with Gasteiger partial charge in [-0.15, -0.1) is 0 Å². The molecule has 0 aliphatic heterocycles. The van der Waals surface area contributed by atoms with E-state index in [1.54, 1.807) is 0 Å². The van der Waals surface area contributed by atoms with Crippen molar-refractivity contribution < 1.29 is 4.79 Å². The molecule has 0 aromatic heterocycles. The molecule has 1 saturated carbocycles. The lowest BCUT2D eigenvalue weighted by molar-refractivity contribution is -0.121. The van der Waals surface area contributed by atoms with E-state index in [9.17, 15) is 4.79 Å².